The van der Waals surface area contributed by atoms with Gasteiger partial charge >= 0.3 is 0 Å². The Morgan fingerprint density at radius 2 is 0.933 bits per heavy atom. The molecule has 4 aromatic rings. The molecule has 148 valence electrons. The minimum Gasteiger partial charge on any atom is -0.246 e. The number of nitrogens with zero attached hydrogens (tertiary/aromatic N) is 2. The third kappa shape index (κ3) is 4.23. The zero-order valence-corrected chi connectivity index (χ0v) is 18.0. The molecule has 2 aromatic heterocycles. The molecule has 2 aromatic carbocycles. The molecule has 0 aliphatic heterocycles. The first-order valence-electron chi connectivity index (χ1n) is 10.3. The largest absolute Gasteiger partial charge is 0.246 e. The third-order valence-corrected chi connectivity index (χ3v) is 4.90. The molecule has 30 heavy (non-hydrogen) atoms. The average Bonchev–Trinajstić information content (AvgIpc) is 2.73. The van der Waals surface area contributed by atoms with E-state index in [9.17, 15) is 0 Å². The summed E-state index contributed by atoms with van der Waals surface area (Å²) in [5.74, 6) is 0. The van der Waals surface area contributed by atoms with Gasteiger partial charge in [0.2, 0.25) is 0 Å². The van der Waals surface area contributed by atoms with Gasteiger partial charge in [-0.05, 0) is 63.1 Å². The molecular weight excluding hydrogens is 364 g/mol. The van der Waals surface area contributed by atoms with Gasteiger partial charge in [0.1, 0.15) is 0 Å². The molecule has 0 unspecified atom stereocenters. The molecule has 0 aliphatic carbocycles. The fourth-order valence-corrected chi connectivity index (χ4v) is 3.64. The molecule has 0 saturated carbocycles. The van der Waals surface area contributed by atoms with E-state index in [0.29, 0.717) is 0 Å². The second-order valence-corrected chi connectivity index (χ2v) is 8.05. The van der Waals surface area contributed by atoms with Gasteiger partial charge < -0.3 is 0 Å². The molecule has 0 amide bonds. The number of benzene rings is 2. The number of hydrogen-bond acceptors (Lipinski definition) is 2. The minimum absolute atomic E-state index is 0.906. The lowest BCUT2D eigenvalue weighted by Crippen LogP contribution is -1.92. The van der Waals surface area contributed by atoms with Crippen LogP contribution in [0.1, 0.15) is 38.8 Å². The first-order chi connectivity index (χ1) is 14.5. The van der Waals surface area contributed by atoms with Gasteiger partial charge in [-0.3, -0.25) is 0 Å². The topological polar surface area (TPSA) is 25.8 Å². The number of fused-ring (bicyclic) bond motifs is 1. The summed E-state index contributed by atoms with van der Waals surface area (Å²) in [6, 6.07) is 25.1. The van der Waals surface area contributed by atoms with Gasteiger partial charge in [0.15, 0.2) is 0 Å². The average molecular weight is 391 g/mol. The van der Waals surface area contributed by atoms with Crippen molar-refractivity contribution < 1.29 is 0 Å². The van der Waals surface area contributed by atoms with Gasteiger partial charge in [-0.15, -0.1) is 0 Å². The Bertz CT molecular complexity index is 1170. The van der Waals surface area contributed by atoms with Crippen molar-refractivity contribution in [1.82, 2.24) is 9.97 Å². The van der Waals surface area contributed by atoms with E-state index < -0.39 is 0 Å². The smallest absolute Gasteiger partial charge is 0.0894 e. The SMILES string of the molecule is CC(C)=Cc1ccccc1-c1ccc2nc(-c3ccccc3C=C(C)C)ccc2n1. The van der Waals surface area contributed by atoms with Crippen LogP contribution in [0.25, 0.3) is 45.7 Å². The lowest BCUT2D eigenvalue weighted by Gasteiger charge is -2.10. The zero-order valence-electron chi connectivity index (χ0n) is 18.0. The summed E-state index contributed by atoms with van der Waals surface area (Å²) >= 11 is 0. The van der Waals surface area contributed by atoms with E-state index in [1.807, 2.05) is 0 Å². The molecule has 0 aliphatic rings. The zero-order chi connectivity index (χ0) is 21.1. The molecular formula is C28H26N2. The first kappa shape index (κ1) is 19.8. The minimum atomic E-state index is 0.906. The van der Waals surface area contributed by atoms with Gasteiger partial charge in [0.25, 0.3) is 0 Å². The van der Waals surface area contributed by atoms with Crippen molar-refractivity contribution >= 4 is 23.2 Å². The second kappa shape index (κ2) is 8.46. The fourth-order valence-electron chi connectivity index (χ4n) is 3.64. The third-order valence-electron chi connectivity index (χ3n) is 4.90. The number of pyridine rings is 2. The Hall–Kier alpha value is -3.52. The Labute approximate surface area is 178 Å². The number of rotatable bonds is 4. The summed E-state index contributed by atoms with van der Waals surface area (Å²) in [5.41, 5.74) is 10.9. The summed E-state index contributed by atoms with van der Waals surface area (Å²) in [5, 5.41) is 0. The molecule has 4 rings (SSSR count). The number of allylic oxidation sites excluding steroid dienone is 2. The Morgan fingerprint density at radius 3 is 1.33 bits per heavy atom. The molecule has 0 atom stereocenters. The summed E-state index contributed by atoms with van der Waals surface area (Å²) in [7, 11) is 0. The van der Waals surface area contributed by atoms with Crippen molar-refractivity contribution in [2.24, 2.45) is 0 Å². The Morgan fingerprint density at radius 1 is 0.533 bits per heavy atom. The van der Waals surface area contributed by atoms with Crippen LogP contribution in [0, 0.1) is 0 Å². The van der Waals surface area contributed by atoms with Gasteiger partial charge in [0.05, 0.1) is 22.4 Å². The van der Waals surface area contributed by atoms with Crippen molar-refractivity contribution in [1.29, 1.82) is 0 Å². The van der Waals surface area contributed by atoms with Crippen LogP contribution in [0.15, 0.2) is 83.9 Å². The van der Waals surface area contributed by atoms with Crippen LogP contribution < -0.4 is 0 Å². The van der Waals surface area contributed by atoms with Crippen molar-refractivity contribution in [3.8, 4) is 22.5 Å². The van der Waals surface area contributed by atoms with Crippen LogP contribution in [0.3, 0.4) is 0 Å². The molecule has 0 bridgehead atoms. The normalized spacial score (nSPS) is 10.7. The standard InChI is InChI=1S/C28H26N2/c1-19(2)17-21-9-5-7-11-23(21)25-13-15-28-27(29-25)16-14-26(30-28)24-12-8-6-10-22(24)18-20(3)4/h5-18H,1-4H3. The summed E-state index contributed by atoms with van der Waals surface area (Å²) in [6.07, 6.45) is 4.39. The van der Waals surface area contributed by atoms with E-state index in [-0.39, 0.29) is 0 Å². The highest BCUT2D eigenvalue weighted by Crippen LogP contribution is 2.28. The first-order valence-corrected chi connectivity index (χ1v) is 10.3. The van der Waals surface area contributed by atoms with E-state index in [0.717, 1.165) is 33.5 Å². The Balaban J connectivity index is 1.79. The summed E-state index contributed by atoms with van der Waals surface area (Å²) in [4.78, 5) is 9.83. The van der Waals surface area contributed by atoms with Crippen molar-refractivity contribution in [2.45, 2.75) is 27.7 Å². The monoisotopic (exact) mass is 390 g/mol. The van der Waals surface area contributed by atoms with Crippen molar-refractivity contribution in [3.63, 3.8) is 0 Å². The van der Waals surface area contributed by atoms with E-state index in [1.54, 1.807) is 0 Å². The highest BCUT2D eigenvalue weighted by atomic mass is 14.8. The molecule has 0 N–H and O–H groups in total. The Kier molecular flexibility index (Phi) is 5.58. The quantitative estimate of drug-likeness (QED) is 0.355. The molecule has 0 radical (unpaired) electrons. The molecule has 0 saturated heterocycles. The predicted molar refractivity (Wildman–Crippen MR) is 129 cm³/mol. The second-order valence-electron chi connectivity index (χ2n) is 8.05. The fraction of sp³-hybridized carbons (Fsp3) is 0.143. The lowest BCUT2D eigenvalue weighted by molar-refractivity contribution is 1.32. The summed E-state index contributed by atoms with van der Waals surface area (Å²) < 4.78 is 0. The van der Waals surface area contributed by atoms with Crippen LogP contribution in [-0.2, 0) is 0 Å². The maximum atomic E-state index is 4.92. The maximum Gasteiger partial charge on any atom is 0.0894 e. The van der Waals surface area contributed by atoms with Gasteiger partial charge in [-0.1, -0.05) is 71.8 Å². The van der Waals surface area contributed by atoms with Gasteiger partial charge in [-0.25, -0.2) is 9.97 Å². The van der Waals surface area contributed by atoms with Crippen LogP contribution in [0.5, 0.6) is 0 Å². The highest BCUT2D eigenvalue weighted by Gasteiger charge is 2.09. The molecule has 2 nitrogen and oxygen atoms in total. The van der Waals surface area contributed by atoms with Gasteiger partial charge in [0, 0.05) is 11.1 Å². The lowest BCUT2D eigenvalue weighted by atomic mass is 10.0. The van der Waals surface area contributed by atoms with Crippen molar-refractivity contribution in [3.05, 3.63) is 95.1 Å². The van der Waals surface area contributed by atoms with E-state index >= 15 is 0 Å². The molecule has 2 heterocycles. The van der Waals surface area contributed by atoms with Crippen molar-refractivity contribution in [2.75, 3.05) is 0 Å². The molecule has 2 heteroatoms. The summed E-state index contributed by atoms with van der Waals surface area (Å²) in [6.45, 7) is 8.46. The van der Waals surface area contributed by atoms with E-state index in [2.05, 4.69) is 113 Å². The van der Waals surface area contributed by atoms with Crippen LogP contribution in [-0.4, -0.2) is 9.97 Å². The number of hydrogen-bond donors (Lipinski definition) is 0. The molecule has 0 spiro atoms. The highest BCUT2D eigenvalue weighted by molar-refractivity contribution is 5.84. The van der Waals surface area contributed by atoms with Crippen LogP contribution in [0.4, 0.5) is 0 Å². The predicted octanol–water partition coefficient (Wildman–Crippen LogP) is 7.81. The van der Waals surface area contributed by atoms with Crippen LogP contribution >= 0.6 is 0 Å². The number of aromatic nitrogens is 2. The van der Waals surface area contributed by atoms with Gasteiger partial charge in [-0.2, -0.15) is 0 Å². The van der Waals surface area contributed by atoms with E-state index in [1.165, 1.54) is 22.3 Å². The molecule has 0 fully saturated rings. The van der Waals surface area contributed by atoms with E-state index in [4.69, 9.17) is 9.97 Å². The van der Waals surface area contributed by atoms with Crippen LogP contribution in [0.2, 0.25) is 0 Å². The maximum absolute atomic E-state index is 4.92.